The minimum Gasteiger partial charge on any atom is -0.290 e. The number of rotatable bonds is 2. The fraction of sp³-hybridized carbons (Fsp3) is 0.0667. The van der Waals surface area contributed by atoms with Gasteiger partial charge in [0.1, 0.15) is 11.0 Å². The molecule has 2 heterocycles. The molecule has 4 rings (SSSR count). The van der Waals surface area contributed by atoms with Crippen molar-refractivity contribution in [3.05, 3.63) is 64.2 Å². The largest absolute Gasteiger partial charge is 0.368 e. The molecule has 0 bridgehead atoms. The van der Waals surface area contributed by atoms with Gasteiger partial charge in [0.05, 0.1) is 4.92 Å². The Balaban J connectivity index is 1.88. The first-order valence-electron chi connectivity index (χ1n) is 7.06. The van der Waals surface area contributed by atoms with Gasteiger partial charge < -0.3 is 0 Å². The van der Waals surface area contributed by atoms with Crippen LogP contribution in [0.15, 0.2) is 48.5 Å². The van der Waals surface area contributed by atoms with E-state index in [0.29, 0.717) is 5.96 Å². The van der Waals surface area contributed by atoms with E-state index in [1.807, 2.05) is 28.8 Å². The highest BCUT2D eigenvalue weighted by molar-refractivity contribution is 5.87. The molecular weight excluding hydrogens is 296 g/mol. The molecule has 8 nitrogen and oxygen atoms in total. The number of aromatic nitrogens is 2. The van der Waals surface area contributed by atoms with Crippen LogP contribution in [0.4, 0.5) is 11.6 Å². The third-order valence-corrected chi connectivity index (χ3v) is 3.88. The molecule has 8 heteroatoms. The average molecular weight is 310 g/mol. The monoisotopic (exact) mass is 310 g/mol. The van der Waals surface area contributed by atoms with E-state index in [4.69, 9.17) is 5.73 Å². The van der Waals surface area contributed by atoms with Gasteiger partial charge in [-0.15, -0.1) is 0 Å². The molecule has 0 amide bonds. The second-order valence-electron chi connectivity index (χ2n) is 5.29. The summed E-state index contributed by atoms with van der Waals surface area (Å²) < 4.78 is 2.03. The number of nitrogens with two attached hydrogens (primary N) is 1. The number of nitro groups is 1. The van der Waals surface area contributed by atoms with E-state index in [1.165, 1.54) is 12.1 Å². The average Bonchev–Trinajstić information content (AvgIpc) is 2.92. The Kier molecular flexibility index (Phi) is 2.77. The molecule has 114 valence electrons. The summed E-state index contributed by atoms with van der Waals surface area (Å²) in [5, 5.41) is 13.9. The molecule has 3 aromatic rings. The van der Waals surface area contributed by atoms with Gasteiger partial charge in [0.2, 0.25) is 6.17 Å². The minimum absolute atomic E-state index is 0.0591. The number of imidazole rings is 1. The number of guanidine groups is 1. The van der Waals surface area contributed by atoms with Gasteiger partial charge in [0.15, 0.2) is 0 Å². The first-order chi connectivity index (χ1) is 11.1. The Bertz CT molecular complexity index is 944. The zero-order valence-electron chi connectivity index (χ0n) is 12.0. The molecule has 0 aliphatic carbocycles. The SMILES string of the molecule is NC1=[NH+][C@H](c2ccc([N+](=O)[O-])cc2)[n+]2c([nH]c3ccccc32)N1. The first kappa shape index (κ1) is 13.3. The Labute approximate surface area is 130 Å². The molecule has 0 spiro atoms. The predicted molar refractivity (Wildman–Crippen MR) is 83.5 cm³/mol. The van der Waals surface area contributed by atoms with E-state index in [2.05, 4.69) is 15.3 Å². The number of H-pyrrole nitrogens is 1. The van der Waals surface area contributed by atoms with Gasteiger partial charge >= 0.3 is 11.9 Å². The number of hydrogen-bond donors (Lipinski definition) is 4. The van der Waals surface area contributed by atoms with Crippen molar-refractivity contribution in [1.29, 1.82) is 0 Å². The highest BCUT2D eigenvalue weighted by Gasteiger charge is 2.32. The lowest BCUT2D eigenvalue weighted by Crippen LogP contribution is -2.88. The molecule has 0 unspecified atom stereocenters. The number of nitrogens with one attached hydrogen (secondary N) is 3. The van der Waals surface area contributed by atoms with Crippen molar-refractivity contribution in [2.24, 2.45) is 5.73 Å². The normalized spacial score (nSPS) is 16.5. The molecule has 23 heavy (non-hydrogen) atoms. The number of nitro benzene ring substituents is 1. The molecular formula is C15H14N6O2+2. The number of aromatic amines is 1. The fourth-order valence-electron chi connectivity index (χ4n) is 2.84. The fourth-order valence-corrected chi connectivity index (χ4v) is 2.84. The van der Waals surface area contributed by atoms with E-state index in [1.54, 1.807) is 12.1 Å². The van der Waals surface area contributed by atoms with Crippen LogP contribution in [-0.4, -0.2) is 15.9 Å². The van der Waals surface area contributed by atoms with Gasteiger partial charge in [0.25, 0.3) is 5.69 Å². The number of hydrogen-bond acceptors (Lipinski definition) is 4. The molecule has 0 saturated heterocycles. The smallest absolute Gasteiger partial charge is 0.290 e. The predicted octanol–water partition coefficient (Wildman–Crippen LogP) is -0.269. The van der Waals surface area contributed by atoms with Crippen molar-refractivity contribution in [3.8, 4) is 0 Å². The highest BCUT2D eigenvalue weighted by Crippen LogP contribution is 2.19. The van der Waals surface area contributed by atoms with Crippen molar-refractivity contribution in [2.75, 3.05) is 5.32 Å². The third-order valence-electron chi connectivity index (χ3n) is 3.88. The van der Waals surface area contributed by atoms with Gasteiger partial charge in [-0.2, -0.15) is 9.88 Å². The van der Waals surface area contributed by atoms with Gasteiger partial charge in [-0.3, -0.25) is 15.8 Å². The lowest BCUT2D eigenvalue weighted by atomic mass is 10.1. The molecule has 0 radical (unpaired) electrons. The summed E-state index contributed by atoms with van der Waals surface area (Å²) in [5.74, 6) is 1.17. The lowest BCUT2D eigenvalue weighted by Gasteiger charge is -2.16. The van der Waals surface area contributed by atoms with Crippen LogP contribution in [0.5, 0.6) is 0 Å². The van der Waals surface area contributed by atoms with Crippen molar-refractivity contribution in [3.63, 3.8) is 0 Å². The van der Waals surface area contributed by atoms with Crippen LogP contribution in [0, 0.1) is 10.1 Å². The maximum Gasteiger partial charge on any atom is 0.368 e. The summed E-state index contributed by atoms with van der Waals surface area (Å²) in [6, 6.07) is 14.3. The summed E-state index contributed by atoms with van der Waals surface area (Å²) in [6.45, 7) is 0. The van der Waals surface area contributed by atoms with Gasteiger partial charge in [-0.05, 0) is 24.3 Å². The van der Waals surface area contributed by atoms with Gasteiger partial charge in [0, 0.05) is 17.7 Å². The van der Waals surface area contributed by atoms with E-state index in [-0.39, 0.29) is 11.9 Å². The zero-order valence-corrected chi connectivity index (χ0v) is 12.0. The molecule has 1 aliphatic rings. The van der Waals surface area contributed by atoms with E-state index in [9.17, 15) is 10.1 Å². The van der Waals surface area contributed by atoms with Crippen LogP contribution in [-0.2, 0) is 0 Å². The first-order valence-corrected chi connectivity index (χ1v) is 7.06. The van der Waals surface area contributed by atoms with Crippen LogP contribution in [0.2, 0.25) is 0 Å². The van der Waals surface area contributed by atoms with Crippen LogP contribution in [0.1, 0.15) is 11.7 Å². The number of nitrogens with zero attached hydrogens (tertiary/aromatic N) is 2. The van der Waals surface area contributed by atoms with Crippen LogP contribution in [0.3, 0.4) is 0 Å². The number of non-ortho nitro benzene ring substituents is 1. The number of anilines is 1. The van der Waals surface area contributed by atoms with E-state index >= 15 is 0 Å². The zero-order chi connectivity index (χ0) is 16.0. The topological polar surface area (TPSA) is 115 Å². The molecule has 1 aromatic heterocycles. The second kappa shape index (κ2) is 4.80. The molecule has 5 N–H and O–H groups in total. The van der Waals surface area contributed by atoms with Gasteiger partial charge in [-0.25, -0.2) is 9.98 Å². The standard InChI is InChI=1S/C15H12N6O2/c16-14-18-13(9-5-7-10(8-6-9)21(22)23)20-12-4-2-1-3-11(12)17-15(20)19-14/h1-8,13H,(H3,16,17,18,19)/p+2/t13-/m0/s1. The quantitative estimate of drug-likeness (QED) is 0.296. The van der Waals surface area contributed by atoms with Crippen molar-refractivity contribution < 1.29 is 14.5 Å². The third kappa shape index (κ3) is 2.08. The maximum atomic E-state index is 10.8. The summed E-state index contributed by atoms with van der Waals surface area (Å²) in [4.78, 5) is 16.9. The second-order valence-corrected chi connectivity index (χ2v) is 5.29. The summed E-state index contributed by atoms with van der Waals surface area (Å²) in [5.41, 5.74) is 8.83. The number of para-hydroxylation sites is 2. The molecule has 0 saturated carbocycles. The van der Waals surface area contributed by atoms with E-state index < -0.39 is 4.92 Å². The van der Waals surface area contributed by atoms with Crippen molar-refractivity contribution >= 4 is 28.6 Å². The molecule has 2 aromatic carbocycles. The Hall–Kier alpha value is -3.42. The highest BCUT2D eigenvalue weighted by atomic mass is 16.6. The Morgan fingerprint density at radius 3 is 2.65 bits per heavy atom. The molecule has 0 fully saturated rings. The molecule has 1 aliphatic heterocycles. The van der Waals surface area contributed by atoms with E-state index in [0.717, 1.165) is 22.5 Å². The van der Waals surface area contributed by atoms with Crippen molar-refractivity contribution in [1.82, 2.24) is 4.98 Å². The number of benzene rings is 2. The van der Waals surface area contributed by atoms with Crippen LogP contribution in [0.25, 0.3) is 11.0 Å². The Morgan fingerprint density at radius 1 is 1.17 bits per heavy atom. The van der Waals surface area contributed by atoms with Gasteiger partial charge in [-0.1, -0.05) is 12.1 Å². The van der Waals surface area contributed by atoms with Crippen LogP contribution < -0.4 is 20.6 Å². The number of fused-ring (bicyclic) bond motifs is 3. The minimum atomic E-state index is -0.412. The Morgan fingerprint density at radius 2 is 1.91 bits per heavy atom. The maximum absolute atomic E-state index is 10.8. The molecule has 1 atom stereocenters. The van der Waals surface area contributed by atoms with Crippen molar-refractivity contribution in [2.45, 2.75) is 6.17 Å². The summed E-state index contributed by atoms with van der Waals surface area (Å²) in [7, 11) is 0. The summed E-state index contributed by atoms with van der Waals surface area (Å²) in [6.07, 6.45) is -0.261. The lowest BCUT2D eigenvalue weighted by molar-refractivity contribution is -0.840. The van der Waals surface area contributed by atoms with Crippen LogP contribution >= 0.6 is 0 Å². The summed E-state index contributed by atoms with van der Waals surface area (Å²) >= 11 is 0.